The first-order valence-electron chi connectivity index (χ1n) is 40.9. The molecular formula is C89H103N5O16. The number of piperidine rings is 5. The Morgan fingerprint density at radius 3 is 1.48 bits per heavy atom. The molecule has 20 atom stereocenters. The lowest BCUT2D eigenvalue weighted by Gasteiger charge is -2.62. The van der Waals surface area contributed by atoms with Crippen molar-refractivity contribution in [2.45, 2.75) is 235 Å². The van der Waals surface area contributed by atoms with Crippen LogP contribution in [0.1, 0.15) is 156 Å². The molecule has 0 aromatic heterocycles. The van der Waals surface area contributed by atoms with Gasteiger partial charge in [-0.1, -0.05) is 54.6 Å². The van der Waals surface area contributed by atoms with Gasteiger partial charge < -0.3 is 83.8 Å². The summed E-state index contributed by atoms with van der Waals surface area (Å²) in [5, 5.41) is 71.9. The summed E-state index contributed by atoms with van der Waals surface area (Å²) >= 11 is 0. The highest BCUT2D eigenvalue weighted by atomic mass is 16.5. The molecule has 10 bridgehead atoms. The molecule has 10 aliphatic heterocycles. The fourth-order valence-electron chi connectivity index (χ4n) is 27.8. The molecule has 5 aromatic rings. The van der Waals surface area contributed by atoms with Crippen LogP contribution in [-0.4, -0.2) is 225 Å². The van der Waals surface area contributed by atoms with Crippen LogP contribution in [0.4, 0.5) is 0 Å². The molecule has 25 rings (SSSR count). The standard InChI is InChI=1S/C18H21NO4.C18H19NO3.C18H23NO3.C18H21NO3.C17H19NO3/c1-19-7-6-17-14-10-2-3-11(9-20)15(14)23-16(17)12(21)4-5-18(17,22)13(19)8-10;1-19-8-7-18-11-4-6-14(21-2)17(18)22-16-13(20)5-3-10(15(16)18)9-12(11)19;2*1-19-7-6-18-12-4-5-14(21)17(18)22-16-11(9-20)3-2-10(15(16)18)8-13(12)19;1-18-7-6-17-10-3-5-13(20)16(17)21-15-12(19)4-2-9(14(15)17)8-11(10)18/h2-3,13,16,20,22H,4-9H2,1H3;3-6,12,17,20H,7-9H2,1-2H3;2-3,12-14,17,20-21H,4-9H2,1H3;2-3,12-13,17,20H,4-9H2,1H3;2,4,10-11,16,19H,3,5-8H2,1H3. The van der Waals surface area contributed by atoms with E-state index in [0.717, 1.165) is 173 Å². The van der Waals surface area contributed by atoms with Gasteiger partial charge in [-0.05, 0) is 234 Å². The van der Waals surface area contributed by atoms with Crippen molar-refractivity contribution in [3.05, 3.63) is 156 Å². The number of carbonyl (C=O) groups excluding carboxylic acids is 3. The number of methoxy groups -OCH3 is 1. The highest BCUT2D eigenvalue weighted by Crippen LogP contribution is 2.69. The van der Waals surface area contributed by atoms with Crippen molar-refractivity contribution in [2.75, 3.05) is 75.1 Å². The zero-order valence-electron chi connectivity index (χ0n) is 63.9. The molecule has 9 fully saturated rings. The Bertz CT molecular complexity index is 4870. The van der Waals surface area contributed by atoms with E-state index in [2.05, 4.69) is 84.0 Å². The molecular weight excluding hydrogens is 1390 g/mol. The van der Waals surface area contributed by atoms with Crippen molar-refractivity contribution in [3.63, 3.8) is 0 Å². The number of phenols is 2. The number of rotatable bonds is 4. The minimum atomic E-state index is -0.926. The molecule has 110 heavy (non-hydrogen) atoms. The van der Waals surface area contributed by atoms with Crippen molar-refractivity contribution in [3.8, 4) is 40.2 Å². The second-order valence-electron chi connectivity index (χ2n) is 36.4. The lowest BCUT2D eigenvalue weighted by atomic mass is 9.49. The summed E-state index contributed by atoms with van der Waals surface area (Å²) in [5.74, 6) is 7.07. The number of phenolic OH excluding ortho intramolecular Hbond substituents is 2. The van der Waals surface area contributed by atoms with Gasteiger partial charge >= 0.3 is 0 Å². The van der Waals surface area contributed by atoms with Gasteiger partial charge in [0, 0.05) is 110 Å². The third-order valence-electron chi connectivity index (χ3n) is 32.6. The summed E-state index contributed by atoms with van der Waals surface area (Å²) in [7, 11) is 12.6. The molecule has 20 aliphatic rings. The molecule has 5 spiro atoms. The van der Waals surface area contributed by atoms with E-state index in [9.17, 15) is 50.1 Å². The average Bonchev–Trinajstić information content (AvgIpc) is 1.45. The second kappa shape index (κ2) is 24.6. The third kappa shape index (κ3) is 8.81. The SMILES string of the molecule is CN1CCC23c4c5ccc(CO)c4OC2C(=O)CCC3(O)C1C5.CN1CCC23c4c5ccc(CO)c4OC2C(=O)CCC3C1C5.CN1CCC23c4c5ccc(CO)c4OC2C(O)CCC3C1C5.CN1CCC23c4c5ccc(O)c4OC2C(=O)CCC3C1C5.COC1=CC=C2C3Cc4ccc(O)c5c4C2(CCN3C)C1O5. The zero-order chi connectivity index (χ0) is 75.5. The van der Waals surface area contributed by atoms with Crippen LogP contribution in [0.2, 0.25) is 0 Å². The molecule has 580 valence electrons. The van der Waals surface area contributed by atoms with Crippen LogP contribution in [0.5, 0.6) is 40.2 Å². The molecule has 0 radical (unpaired) electrons. The second-order valence-corrected chi connectivity index (χ2v) is 36.4. The van der Waals surface area contributed by atoms with Gasteiger partial charge in [0.25, 0.3) is 0 Å². The number of ketones is 3. The molecule has 7 N–H and O–H groups in total. The Morgan fingerprint density at radius 1 is 0.445 bits per heavy atom. The Balaban J connectivity index is 0.0000000873. The van der Waals surface area contributed by atoms with E-state index in [-0.39, 0.29) is 107 Å². The predicted molar refractivity (Wildman–Crippen MR) is 404 cm³/mol. The van der Waals surface area contributed by atoms with Crippen LogP contribution in [0, 0.1) is 17.8 Å². The molecule has 21 heteroatoms. The first kappa shape index (κ1) is 70.5. The fourth-order valence-corrected chi connectivity index (χ4v) is 27.8. The van der Waals surface area contributed by atoms with Gasteiger partial charge in [-0.3, -0.25) is 19.3 Å². The largest absolute Gasteiger partial charge is 0.504 e. The first-order chi connectivity index (χ1) is 53.1. The molecule has 20 unspecified atom stereocenters. The van der Waals surface area contributed by atoms with Crippen LogP contribution in [-0.2, 0) is 98.1 Å². The van der Waals surface area contributed by atoms with Gasteiger partial charge in [-0.25, -0.2) is 0 Å². The molecule has 21 nitrogen and oxygen atoms in total. The Morgan fingerprint density at radius 2 is 0.900 bits per heavy atom. The Kier molecular flexibility index (Phi) is 15.7. The Hall–Kier alpha value is -7.41. The summed E-state index contributed by atoms with van der Waals surface area (Å²) in [5.41, 5.74) is 14.2. The predicted octanol–water partition coefficient (Wildman–Crippen LogP) is 6.91. The maximum absolute atomic E-state index is 12.6. The highest BCUT2D eigenvalue weighted by Gasteiger charge is 2.74. The molecule has 10 aliphatic carbocycles. The smallest absolute Gasteiger partial charge is 0.174 e. The monoisotopic (exact) mass is 1500 g/mol. The summed E-state index contributed by atoms with van der Waals surface area (Å²) in [6, 6.07) is 21.9. The van der Waals surface area contributed by atoms with Gasteiger partial charge in [-0.15, -0.1) is 0 Å². The van der Waals surface area contributed by atoms with E-state index >= 15 is 0 Å². The lowest BCUT2D eigenvalue weighted by Crippen LogP contribution is -2.76. The summed E-state index contributed by atoms with van der Waals surface area (Å²) in [6.45, 7) is 4.86. The lowest BCUT2D eigenvalue weighted by molar-refractivity contribution is -0.185. The normalized spacial score (nSPS) is 39.1. The number of ether oxygens (including phenoxy) is 6. The number of allylic oxidation sites excluding steroid dienone is 2. The molecule has 10 heterocycles. The fraction of sp³-hybridized carbons (Fsp3) is 0.584. The number of hydrogen-bond acceptors (Lipinski definition) is 21. The number of aliphatic hydroxyl groups is 5. The Labute approximate surface area is 641 Å². The number of hydrogen-bond donors (Lipinski definition) is 7. The number of likely N-dealkylation sites (tertiary alicyclic amines) is 5. The number of aromatic hydroxyl groups is 2. The van der Waals surface area contributed by atoms with E-state index in [1.54, 1.807) is 19.2 Å². The topological polar surface area (TPSA) is 264 Å². The van der Waals surface area contributed by atoms with E-state index in [1.165, 1.54) is 44.5 Å². The third-order valence-corrected chi connectivity index (χ3v) is 32.6. The molecule has 5 saturated heterocycles. The number of Topliss-reactive ketones (excluding diaryl/α,β-unsaturated/α-hetero) is 3. The van der Waals surface area contributed by atoms with Crippen molar-refractivity contribution < 1.29 is 78.6 Å². The quantitative estimate of drug-likeness (QED) is 0.0964. The summed E-state index contributed by atoms with van der Waals surface area (Å²) in [4.78, 5) is 49.8. The van der Waals surface area contributed by atoms with Crippen molar-refractivity contribution in [2.24, 2.45) is 17.8 Å². The van der Waals surface area contributed by atoms with Crippen LogP contribution in [0.25, 0.3) is 0 Å². The summed E-state index contributed by atoms with van der Waals surface area (Å²) < 4.78 is 36.5. The molecule has 0 amide bonds. The average molecular weight is 1500 g/mol. The number of carbonyl (C=O) groups is 3. The van der Waals surface area contributed by atoms with Crippen LogP contribution in [0.15, 0.2) is 84.1 Å². The maximum atomic E-state index is 12.6. The van der Waals surface area contributed by atoms with Gasteiger partial charge in [0.1, 0.15) is 29.1 Å². The van der Waals surface area contributed by atoms with Crippen LogP contribution >= 0.6 is 0 Å². The van der Waals surface area contributed by atoms with Crippen molar-refractivity contribution in [1.82, 2.24) is 24.5 Å². The minimum absolute atomic E-state index is 0.00943. The number of aliphatic hydroxyl groups excluding tert-OH is 4. The van der Waals surface area contributed by atoms with E-state index in [4.69, 9.17) is 28.4 Å². The first-order valence-corrected chi connectivity index (χ1v) is 40.9. The molecule has 4 saturated carbocycles. The van der Waals surface area contributed by atoms with Gasteiger partial charge in [0.2, 0.25) is 0 Å². The molecule has 5 aromatic carbocycles. The number of benzene rings is 5. The van der Waals surface area contributed by atoms with Crippen molar-refractivity contribution >= 4 is 17.3 Å². The van der Waals surface area contributed by atoms with Gasteiger partial charge in [0.15, 0.2) is 64.8 Å². The minimum Gasteiger partial charge on any atom is -0.504 e. The maximum Gasteiger partial charge on any atom is 0.174 e. The van der Waals surface area contributed by atoms with Crippen molar-refractivity contribution in [1.29, 1.82) is 0 Å². The van der Waals surface area contributed by atoms with Gasteiger partial charge in [-0.2, -0.15) is 0 Å². The van der Waals surface area contributed by atoms with Crippen LogP contribution < -0.4 is 23.7 Å². The number of likely N-dealkylation sites (N-methyl/N-ethyl adjacent to an activating group) is 5. The van der Waals surface area contributed by atoms with E-state index < -0.39 is 17.1 Å². The highest BCUT2D eigenvalue weighted by molar-refractivity contribution is 5.91. The number of nitrogens with zero attached hydrogens (tertiary/aromatic N) is 5. The summed E-state index contributed by atoms with van der Waals surface area (Å²) in [6.07, 6.45) is 17.9. The zero-order valence-corrected chi connectivity index (χ0v) is 63.9. The van der Waals surface area contributed by atoms with E-state index in [1.807, 2.05) is 36.4 Å². The van der Waals surface area contributed by atoms with Crippen LogP contribution in [0.3, 0.4) is 0 Å². The van der Waals surface area contributed by atoms with Gasteiger partial charge in [0.05, 0.1) is 49.5 Å². The van der Waals surface area contributed by atoms with E-state index in [0.29, 0.717) is 84.9 Å².